The molecule has 0 bridgehead atoms. The molecule has 1 heterocycles. The lowest BCUT2D eigenvalue weighted by Crippen LogP contribution is -2.40. The van der Waals surface area contributed by atoms with Crippen molar-refractivity contribution in [2.45, 2.75) is 17.5 Å². The van der Waals surface area contributed by atoms with Gasteiger partial charge in [0.05, 0.1) is 20.6 Å². The van der Waals surface area contributed by atoms with Gasteiger partial charge in [0.15, 0.2) is 6.23 Å². The van der Waals surface area contributed by atoms with Gasteiger partial charge >= 0.3 is 6.16 Å². The van der Waals surface area contributed by atoms with Gasteiger partial charge < -0.3 is 9.84 Å². The maximum absolute atomic E-state index is 13.0. The molecule has 0 saturated carbocycles. The predicted octanol–water partition coefficient (Wildman–Crippen LogP) is 3.77. The fraction of sp³-hybridized carbons (Fsp3) is 0.133. The first kappa shape index (κ1) is 16.9. The van der Waals surface area contributed by atoms with Crippen molar-refractivity contribution in [3.8, 4) is 0 Å². The van der Waals surface area contributed by atoms with Gasteiger partial charge in [-0.05, 0) is 29.8 Å². The van der Waals surface area contributed by atoms with Crippen LogP contribution in [0.3, 0.4) is 0 Å². The van der Waals surface area contributed by atoms with Crippen LogP contribution >= 0.6 is 23.2 Å². The number of benzene rings is 2. The van der Waals surface area contributed by atoms with Crippen LogP contribution in [0.5, 0.6) is 0 Å². The van der Waals surface area contributed by atoms with Crippen LogP contribution in [0.15, 0.2) is 47.4 Å². The molecule has 0 spiro atoms. The molecule has 1 aliphatic rings. The van der Waals surface area contributed by atoms with Crippen LogP contribution in [-0.2, 0) is 21.2 Å². The minimum atomic E-state index is -4.08. The van der Waals surface area contributed by atoms with Crippen LogP contribution in [0, 0.1) is 0 Å². The van der Waals surface area contributed by atoms with Crippen molar-refractivity contribution in [2.75, 3.05) is 4.31 Å². The lowest BCUT2D eigenvalue weighted by molar-refractivity contribution is 0.0596. The van der Waals surface area contributed by atoms with Gasteiger partial charge in [-0.1, -0.05) is 41.4 Å². The van der Waals surface area contributed by atoms with Gasteiger partial charge in [0.1, 0.15) is 0 Å². The predicted molar refractivity (Wildman–Crippen MR) is 89.2 cm³/mol. The average molecular weight is 388 g/mol. The molecule has 9 heteroatoms. The number of halogens is 2. The highest BCUT2D eigenvalue weighted by atomic mass is 35.5. The Morgan fingerprint density at radius 2 is 1.88 bits per heavy atom. The van der Waals surface area contributed by atoms with Crippen LogP contribution in [0.25, 0.3) is 0 Å². The number of carboxylic acid groups (broad SMARTS) is 1. The van der Waals surface area contributed by atoms with E-state index in [4.69, 9.17) is 33.0 Å². The van der Waals surface area contributed by atoms with E-state index in [9.17, 15) is 13.2 Å². The largest absolute Gasteiger partial charge is 0.507 e. The summed E-state index contributed by atoms with van der Waals surface area (Å²) >= 11 is 11.7. The summed E-state index contributed by atoms with van der Waals surface area (Å²) in [6.07, 6.45) is -2.61. The first-order valence-corrected chi connectivity index (χ1v) is 8.97. The molecule has 0 fully saturated rings. The van der Waals surface area contributed by atoms with Gasteiger partial charge in [-0.2, -0.15) is 0 Å². The second-order valence-electron chi connectivity index (χ2n) is 5.05. The van der Waals surface area contributed by atoms with Gasteiger partial charge in [-0.3, -0.25) is 0 Å². The Hall–Kier alpha value is -1.96. The maximum Gasteiger partial charge on any atom is 0.507 e. The molecule has 126 valence electrons. The van der Waals surface area contributed by atoms with E-state index in [1.54, 1.807) is 24.3 Å². The van der Waals surface area contributed by atoms with E-state index in [1.165, 1.54) is 18.2 Å². The Balaban J connectivity index is 2.11. The number of anilines is 1. The zero-order valence-corrected chi connectivity index (χ0v) is 14.3. The Bertz CT molecular complexity index is 916. The molecule has 0 radical (unpaired) electrons. The van der Waals surface area contributed by atoms with Gasteiger partial charge in [0.2, 0.25) is 0 Å². The Labute approximate surface area is 148 Å². The van der Waals surface area contributed by atoms with E-state index in [2.05, 4.69) is 0 Å². The maximum atomic E-state index is 13.0. The first-order chi connectivity index (χ1) is 11.3. The van der Waals surface area contributed by atoms with E-state index in [1.807, 2.05) is 0 Å². The van der Waals surface area contributed by atoms with Crippen LogP contribution in [0.1, 0.15) is 5.56 Å². The van der Waals surface area contributed by atoms with Crippen LogP contribution in [-0.4, -0.2) is 25.9 Å². The second kappa shape index (κ2) is 6.16. The van der Waals surface area contributed by atoms with E-state index in [0.717, 1.165) is 4.31 Å². The van der Waals surface area contributed by atoms with Crippen molar-refractivity contribution in [3.05, 3.63) is 58.1 Å². The normalized spacial score (nSPS) is 16.8. The molecule has 3 rings (SSSR count). The number of ether oxygens (including phenoxy) is 1. The molecular formula is C15H11Cl2NO5S. The SMILES string of the molecule is O=C(O)OC1Cc2ccccc2N1S(=O)(=O)c1ccc(Cl)c(Cl)c1. The third-order valence-electron chi connectivity index (χ3n) is 3.57. The molecule has 1 N–H and O–H groups in total. The second-order valence-corrected chi connectivity index (χ2v) is 7.68. The number of sulfonamides is 1. The van der Waals surface area contributed by atoms with E-state index >= 15 is 0 Å². The zero-order valence-electron chi connectivity index (χ0n) is 12.0. The number of hydrogen-bond acceptors (Lipinski definition) is 4. The standard InChI is InChI=1S/C15H11Cl2NO5S/c16-11-6-5-10(8-12(11)17)24(21,22)18-13-4-2-1-3-9(13)7-14(18)23-15(19)20/h1-6,8,14H,7H2,(H,19,20). The van der Waals surface area contributed by atoms with Crippen molar-refractivity contribution < 1.29 is 23.1 Å². The summed E-state index contributed by atoms with van der Waals surface area (Å²) in [5, 5.41) is 9.21. The Morgan fingerprint density at radius 3 is 2.54 bits per heavy atom. The summed E-state index contributed by atoms with van der Waals surface area (Å²) in [6, 6.07) is 10.6. The zero-order chi connectivity index (χ0) is 17.5. The summed E-state index contributed by atoms with van der Waals surface area (Å²) in [5.74, 6) is 0. The molecular weight excluding hydrogens is 377 g/mol. The molecule has 0 aliphatic carbocycles. The molecule has 0 saturated heterocycles. The molecule has 2 aromatic rings. The van der Waals surface area contributed by atoms with Gasteiger partial charge in [0.25, 0.3) is 10.0 Å². The third-order valence-corrected chi connectivity index (χ3v) is 6.11. The molecule has 0 aromatic heterocycles. The molecule has 2 aromatic carbocycles. The number of rotatable bonds is 3. The van der Waals surface area contributed by atoms with Crippen molar-refractivity contribution in [1.29, 1.82) is 0 Å². The van der Waals surface area contributed by atoms with Gasteiger partial charge in [-0.25, -0.2) is 17.5 Å². The minimum Gasteiger partial charge on any atom is -0.450 e. The molecule has 1 atom stereocenters. The lowest BCUT2D eigenvalue weighted by Gasteiger charge is -2.25. The molecule has 0 amide bonds. The fourth-order valence-electron chi connectivity index (χ4n) is 2.57. The summed E-state index contributed by atoms with van der Waals surface area (Å²) in [4.78, 5) is 10.8. The number of carbonyl (C=O) groups is 1. The summed E-state index contributed by atoms with van der Waals surface area (Å²) in [6.45, 7) is 0. The van der Waals surface area contributed by atoms with Gasteiger partial charge in [-0.15, -0.1) is 0 Å². The van der Waals surface area contributed by atoms with E-state index in [0.29, 0.717) is 11.3 Å². The van der Waals surface area contributed by atoms with Crippen LogP contribution < -0.4 is 4.31 Å². The Kier molecular flexibility index (Phi) is 4.33. The topological polar surface area (TPSA) is 83.9 Å². The highest BCUT2D eigenvalue weighted by Crippen LogP contribution is 2.38. The average Bonchev–Trinajstić information content (AvgIpc) is 2.87. The molecule has 6 nitrogen and oxygen atoms in total. The summed E-state index contributed by atoms with van der Waals surface area (Å²) in [7, 11) is -4.08. The number of fused-ring (bicyclic) bond motifs is 1. The molecule has 1 aliphatic heterocycles. The Morgan fingerprint density at radius 1 is 1.17 bits per heavy atom. The van der Waals surface area contributed by atoms with E-state index < -0.39 is 22.4 Å². The van der Waals surface area contributed by atoms with Crippen LogP contribution in [0.4, 0.5) is 10.5 Å². The summed E-state index contributed by atoms with van der Waals surface area (Å²) < 4.78 is 31.7. The fourth-order valence-corrected chi connectivity index (χ4v) is 4.53. The highest BCUT2D eigenvalue weighted by Gasteiger charge is 2.40. The quantitative estimate of drug-likeness (QED) is 0.810. The van der Waals surface area contributed by atoms with Crippen molar-refractivity contribution in [2.24, 2.45) is 0 Å². The molecule has 24 heavy (non-hydrogen) atoms. The number of para-hydroxylation sites is 1. The van der Waals surface area contributed by atoms with Gasteiger partial charge in [0, 0.05) is 6.42 Å². The number of hydrogen-bond donors (Lipinski definition) is 1. The van der Waals surface area contributed by atoms with Crippen molar-refractivity contribution in [3.63, 3.8) is 0 Å². The van der Waals surface area contributed by atoms with Crippen LogP contribution in [0.2, 0.25) is 10.0 Å². The lowest BCUT2D eigenvalue weighted by atomic mass is 10.2. The molecule has 1 unspecified atom stereocenters. The van der Waals surface area contributed by atoms with E-state index in [-0.39, 0.29) is 21.4 Å². The smallest absolute Gasteiger partial charge is 0.450 e. The highest BCUT2D eigenvalue weighted by molar-refractivity contribution is 7.92. The summed E-state index contributed by atoms with van der Waals surface area (Å²) in [5.41, 5.74) is 1.04. The minimum absolute atomic E-state index is 0.0842. The monoisotopic (exact) mass is 387 g/mol. The first-order valence-electron chi connectivity index (χ1n) is 6.77. The number of nitrogens with zero attached hydrogens (tertiary/aromatic N) is 1. The third kappa shape index (κ3) is 2.90. The van der Waals surface area contributed by atoms with Crippen molar-refractivity contribution >= 4 is 45.1 Å². The van der Waals surface area contributed by atoms with Crippen molar-refractivity contribution in [1.82, 2.24) is 0 Å².